The molecule has 0 bridgehead atoms. The smallest absolute Gasteiger partial charge is 0.151 e. The number of benzene rings is 1. The molecule has 0 aliphatic rings. The molecule has 2 nitrogen and oxygen atoms in total. The molecule has 1 heterocycles. The standard InChI is InChI=1S/C15H15ClN2/c1-15(2,12-4-6-13(16)7-5-12)9-8-14-17-10-3-11-18-14/h3-11H,1-2H3. The number of hydrogen-bond acceptors (Lipinski definition) is 2. The fraction of sp³-hybridized carbons (Fsp3) is 0.200. The van der Waals surface area contributed by atoms with Gasteiger partial charge in [0.15, 0.2) is 5.82 Å². The van der Waals surface area contributed by atoms with Crippen LogP contribution in [0.25, 0.3) is 6.08 Å². The second kappa shape index (κ2) is 5.32. The van der Waals surface area contributed by atoms with E-state index in [0.717, 1.165) is 10.8 Å². The molecule has 0 spiro atoms. The van der Waals surface area contributed by atoms with Crippen molar-refractivity contribution in [1.29, 1.82) is 0 Å². The van der Waals surface area contributed by atoms with E-state index < -0.39 is 0 Å². The molecule has 0 amide bonds. The molecule has 2 rings (SSSR count). The summed E-state index contributed by atoms with van der Waals surface area (Å²) in [6.07, 6.45) is 7.52. The van der Waals surface area contributed by atoms with Gasteiger partial charge >= 0.3 is 0 Å². The van der Waals surface area contributed by atoms with E-state index in [1.54, 1.807) is 12.4 Å². The molecule has 3 heteroatoms. The average Bonchev–Trinajstić information content (AvgIpc) is 2.38. The molecule has 18 heavy (non-hydrogen) atoms. The van der Waals surface area contributed by atoms with Crippen LogP contribution in [0, 0.1) is 0 Å². The summed E-state index contributed by atoms with van der Waals surface area (Å²) < 4.78 is 0. The number of allylic oxidation sites excluding steroid dienone is 1. The highest BCUT2D eigenvalue weighted by Crippen LogP contribution is 2.26. The summed E-state index contributed by atoms with van der Waals surface area (Å²) in [5.41, 5.74) is 1.13. The van der Waals surface area contributed by atoms with Gasteiger partial charge in [0.25, 0.3) is 0 Å². The van der Waals surface area contributed by atoms with Crippen LogP contribution in [0.15, 0.2) is 48.8 Å². The van der Waals surface area contributed by atoms with E-state index >= 15 is 0 Å². The maximum absolute atomic E-state index is 5.90. The molecule has 0 aliphatic heterocycles. The first-order chi connectivity index (χ1) is 8.58. The zero-order valence-corrected chi connectivity index (χ0v) is 11.2. The van der Waals surface area contributed by atoms with Crippen molar-refractivity contribution >= 4 is 17.7 Å². The molecule has 0 atom stereocenters. The topological polar surface area (TPSA) is 25.8 Å². The summed E-state index contributed by atoms with van der Waals surface area (Å²) in [5.74, 6) is 0.722. The van der Waals surface area contributed by atoms with Crippen LogP contribution in [-0.2, 0) is 5.41 Å². The Bertz CT molecular complexity index is 530. The summed E-state index contributed by atoms with van der Waals surface area (Å²) in [6.45, 7) is 4.30. The monoisotopic (exact) mass is 258 g/mol. The Kier molecular flexibility index (Phi) is 3.78. The molecular formula is C15H15ClN2. The molecule has 0 N–H and O–H groups in total. The van der Waals surface area contributed by atoms with E-state index in [4.69, 9.17) is 11.6 Å². The Balaban J connectivity index is 2.21. The maximum atomic E-state index is 5.90. The van der Waals surface area contributed by atoms with Gasteiger partial charge in [0.2, 0.25) is 0 Å². The number of nitrogens with zero attached hydrogens (tertiary/aromatic N) is 2. The minimum absolute atomic E-state index is 0.0796. The van der Waals surface area contributed by atoms with Crippen LogP contribution in [0.2, 0.25) is 5.02 Å². The van der Waals surface area contributed by atoms with Crippen molar-refractivity contribution in [1.82, 2.24) is 9.97 Å². The fourth-order valence-corrected chi connectivity index (χ4v) is 1.78. The molecule has 0 radical (unpaired) electrons. The summed E-state index contributed by atoms with van der Waals surface area (Å²) in [7, 11) is 0. The zero-order chi connectivity index (χ0) is 13.0. The number of aromatic nitrogens is 2. The zero-order valence-electron chi connectivity index (χ0n) is 10.5. The molecule has 0 saturated heterocycles. The van der Waals surface area contributed by atoms with Gasteiger partial charge in [0, 0.05) is 22.8 Å². The quantitative estimate of drug-likeness (QED) is 0.828. The normalized spacial score (nSPS) is 11.9. The highest BCUT2D eigenvalue weighted by Gasteiger charge is 2.16. The van der Waals surface area contributed by atoms with Gasteiger partial charge in [-0.1, -0.05) is 43.7 Å². The van der Waals surface area contributed by atoms with E-state index in [9.17, 15) is 0 Å². The summed E-state index contributed by atoms with van der Waals surface area (Å²) in [4.78, 5) is 8.34. The van der Waals surface area contributed by atoms with Gasteiger partial charge in [-0.15, -0.1) is 0 Å². The Morgan fingerprint density at radius 2 is 1.67 bits per heavy atom. The Hall–Kier alpha value is -1.67. The largest absolute Gasteiger partial charge is 0.237 e. The van der Waals surface area contributed by atoms with Gasteiger partial charge in [-0.2, -0.15) is 0 Å². The fourth-order valence-electron chi connectivity index (χ4n) is 1.66. The molecule has 92 valence electrons. The lowest BCUT2D eigenvalue weighted by atomic mass is 9.84. The van der Waals surface area contributed by atoms with Gasteiger partial charge in [0.05, 0.1) is 0 Å². The molecule has 0 fully saturated rings. The lowest BCUT2D eigenvalue weighted by molar-refractivity contribution is 0.673. The van der Waals surface area contributed by atoms with E-state index in [2.05, 4.69) is 29.9 Å². The molecule has 0 saturated carbocycles. The third-order valence-corrected chi connectivity index (χ3v) is 3.08. The first kappa shape index (κ1) is 12.8. The van der Waals surface area contributed by atoms with Gasteiger partial charge in [-0.3, -0.25) is 0 Å². The second-order valence-corrected chi connectivity index (χ2v) is 5.11. The van der Waals surface area contributed by atoms with Crippen molar-refractivity contribution in [2.75, 3.05) is 0 Å². The molecule has 0 unspecified atom stereocenters. The minimum Gasteiger partial charge on any atom is -0.237 e. The Morgan fingerprint density at radius 1 is 1.06 bits per heavy atom. The number of hydrogen-bond donors (Lipinski definition) is 0. The van der Waals surface area contributed by atoms with Crippen LogP contribution in [0.5, 0.6) is 0 Å². The van der Waals surface area contributed by atoms with E-state index in [-0.39, 0.29) is 5.41 Å². The van der Waals surface area contributed by atoms with Crippen LogP contribution in [0.3, 0.4) is 0 Å². The first-order valence-electron chi connectivity index (χ1n) is 5.80. The molecule has 2 aromatic rings. The predicted molar refractivity (Wildman–Crippen MR) is 75.5 cm³/mol. The van der Waals surface area contributed by atoms with Gasteiger partial charge in [-0.05, 0) is 29.8 Å². The van der Waals surface area contributed by atoms with Crippen molar-refractivity contribution in [3.63, 3.8) is 0 Å². The second-order valence-electron chi connectivity index (χ2n) is 4.67. The maximum Gasteiger partial charge on any atom is 0.151 e. The average molecular weight is 259 g/mol. The molecular weight excluding hydrogens is 244 g/mol. The van der Waals surface area contributed by atoms with Crippen molar-refractivity contribution < 1.29 is 0 Å². The highest BCUT2D eigenvalue weighted by atomic mass is 35.5. The van der Waals surface area contributed by atoms with Crippen LogP contribution >= 0.6 is 11.6 Å². The molecule has 1 aromatic heterocycles. The summed E-state index contributed by atoms with van der Waals surface area (Å²) in [5, 5.41) is 0.755. The lowest BCUT2D eigenvalue weighted by Crippen LogP contribution is -2.13. The summed E-state index contributed by atoms with van der Waals surface area (Å²) >= 11 is 5.90. The van der Waals surface area contributed by atoms with Gasteiger partial charge in [0.1, 0.15) is 0 Å². The number of halogens is 1. The van der Waals surface area contributed by atoms with Crippen LogP contribution in [-0.4, -0.2) is 9.97 Å². The molecule has 1 aromatic carbocycles. The summed E-state index contributed by atoms with van der Waals surface area (Å²) in [6, 6.07) is 9.70. The minimum atomic E-state index is -0.0796. The van der Waals surface area contributed by atoms with Gasteiger partial charge < -0.3 is 0 Å². The van der Waals surface area contributed by atoms with Crippen LogP contribution in [0.4, 0.5) is 0 Å². The van der Waals surface area contributed by atoms with Crippen molar-refractivity contribution in [2.24, 2.45) is 0 Å². The van der Waals surface area contributed by atoms with Crippen LogP contribution in [0.1, 0.15) is 25.2 Å². The third-order valence-electron chi connectivity index (χ3n) is 2.82. The predicted octanol–water partition coefficient (Wildman–Crippen LogP) is 4.12. The number of rotatable bonds is 3. The molecule has 0 aliphatic carbocycles. The van der Waals surface area contributed by atoms with E-state index in [1.165, 1.54) is 5.56 Å². The first-order valence-corrected chi connectivity index (χ1v) is 6.18. The van der Waals surface area contributed by atoms with E-state index in [0.29, 0.717) is 0 Å². The third kappa shape index (κ3) is 3.17. The Labute approximate surface area is 112 Å². The lowest BCUT2D eigenvalue weighted by Gasteiger charge is -2.20. The van der Waals surface area contributed by atoms with Crippen LogP contribution < -0.4 is 0 Å². The van der Waals surface area contributed by atoms with Gasteiger partial charge in [-0.25, -0.2) is 9.97 Å². The highest BCUT2D eigenvalue weighted by molar-refractivity contribution is 6.30. The van der Waals surface area contributed by atoms with Crippen molar-refractivity contribution in [3.05, 3.63) is 65.2 Å². The van der Waals surface area contributed by atoms with E-state index in [1.807, 2.05) is 36.4 Å². The van der Waals surface area contributed by atoms with Crippen molar-refractivity contribution in [2.45, 2.75) is 19.3 Å². The van der Waals surface area contributed by atoms with Crippen molar-refractivity contribution in [3.8, 4) is 0 Å². The SMILES string of the molecule is CC(C)(C=Cc1ncccn1)c1ccc(Cl)cc1. The Morgan fingerprint density at radius 3 is 2.28 bits per heavy atom.